The molecule has 0 aromatic heterocycles. The minimum absolute atomic E-state index is 0.0361. The van der Waals surface area contributed by atoms with E-state index in [1.807, 2.05) is 19.9 Å². The van der Waals surface area contributed by atoms with Crippen molar-refractivity contribution in [1.82, 2.24) is 5.32 Å². The fraction of sp³-hybridized carbons (Fsp3) is 0.571. The molecule has 1 aromatic carbocycles. The Hall–Kier alpha value is -0.890. The average molecular weight is 221 g/mol. The zero-order chi connectivity index (χ0) is 11.5. The molecule has 1 N–H and O–H groups in total. The normalized spacial score (nSPS) is 18.0. The van der Waals surface area contributed by atoms with Crippen LogP contribution < -0.4 is 5.32 Å². The van der Waals surface area contributed by atoms with Crippen molar-refractivity contribution in [3.63, 3.8) is 0 Å². The second-order valence-corrected chi connectivity index (χ2v) is 4.96. The van der Waals surface area contributed by atoms with Gasteiger partial charge in [-0.15, -0.1) is 0 Å². The molecule has 0 radical (unpaired) electrons. The molecule has 2 rings (SSSR count). The molecule has 0 bridgehead atoms. The van der Waals surface area contributed by atoms with Crippen LogP contribution in [0.4, 0.5) is 4.39 Å². The van der Waals surface area contributed by atoms with Gasteiger partial charge in [0.05, 0.1) is 0 Å². The summed E-state index contributed by atoms with van der Waals surface area (Å²) in [5, 5.41) is 3.33. The predicted octanol–water partition coefficient (Wildman–Crippen LogP) is 3.42. The third-order valence-electron chi connectivity index (χ3n) is 3.46. The van der Waals surface area contributed by atoms with Crippen LogP contribution in [-0.4, -0.2) is 13.1 Å². The van der Waals surface area contributed by atoms with E-state index in [1.54, 1.807) is 6.07 Å². The Kier molecular flexibility index (Phi) is 3.59. The van der Waals surface area contributed by atoms with Gasteiger partial charge >= 0.3 is 0 Å². The van der Waals surface area contributed by atoms with Crippen molar-refractivity contribution in [3.8, 4) is 0 Å². The summed E-state index contributed by atoms with van der Waals surface area (Å²) in [4.78, 5) is 0. The van der Waals surface area contributed by atoms with E-state index in [9.17, 15) is 4.39 Å². The van der Waals surface area contributed by atoms with Gasteiger partial charge in [0.2, 0.25) is 0 Å². The molecule has 0 unspecified atom stereocenters. The Morgan fingerprint density at radius 1 is 1.25 bits per heavy atom. The highest BCUT2D eigenvalue weighted by Gasteiger charge is 2.17. The van der Waals surface area contributed by atoms with Gasteiger partial charge < -0.3 is 5.32 Å². The van der Waals surface area contributed by atoms with Gasteiger partial charge in [0, 0.05) is 0 Å². The number of benzene rings is 1. The first-order valence-corrected chi connectivity index (χ1v) is 6.18. The van der Waals surface area contributed by atoms with Crippen molar-refractivity contribution < 1.29 is 4.39 Å². The monoisotopic (exact) mass is 221 g/mol. The third-order valence-corrected chi connectivity index (χ3v) is 3.46. The summed E-state index contributed by atoms with van der Waals surface area (Å²) in [6, 6.07) is 5.80. The van der Waals surface area contributed by atoms with Gasteiger partial charge in [-0.05, 0) is 55.0 Å². The van der Waals surface area contributed by atoms with E-state index in [0.29, 0.717) is 5.92 Å². The summed E-state index contributed by atoms with van der Waals surface area (Å²) in [6.45, 7) is 6.17. The second-order valence-electron chi connectivity index (χ2n) is 4.96. The lowest BCUT2D eigenvalue weighted by atomic mass is 9.88. The zero-order valence-corrected chi connectivity index (χ0v) is 10.1. The standard InChI is InChI=1S/C14H20FN/c1-10(2)13-4-3-12(9-14(13)15)11-5-7-16-8-6-11/h3-4,9-11,16H,5-8H2,1-2H3. The average Bonchev–Trinajstić information content (AvgIpc) is 2.29. The largest absolute Gasteiger partial charge is 0.317 e. The first-order chi connectivity index (χ1) is 7.68. The van der Waals surface area contributed by atoms with E-state index in [2.05, 4.69) is 11.4 Å². The lowest BCUT2D eigenvalue weighted by Gasteiger charge is -2.23. The maximum absolute atomic E-state index is 13.8. The lowest BCUT2D eigenvalue weighted by Crippen LogP contribution is -2.26. The maximum atomic E-state index is 13.8. The molecule has 88 valence electrons. The van der Waals surface area contributed by atoms with Crippen molar-refractivity contribution in [2.75, 3.05) is 13.1 Å². The van der Waals surface area contributed by atoms with Gasteiger partial charge in [-0.3, -0.25) is 0 Å². The van der Waals surface area contributed by atoms with Gasteiger partial charge in [0.25, 0.3) is 0 Å². The molecule has 0 atom stereocenters. The highest BCUT2D eigenvalue weighted by molar-refractivity contribution is 5.29. The quantitative estimate of drug-likeness (QED) is 0.807. The lowest BCUT2D eigenvalue weighted by molar-refractivity contribution is 0.458. The van der Waals surface area contributed by atoms with Crippen LogP contribution in [0.1, 0.15) is 49.7 Å². The molecule has 1 nitrogen and oxygen atoms in total. The van der Waals surface area contributed by atoms with Crippen molar-refractivity contribution in [3.05, 3.63) is 35.1 Å². The molecule has 16 heavy (non-hydrogen) atoms. The van der Waals surface area contributed by atoms with Crippen molar-refractivity contribution >= 4 is 0 Å². The third kappa shape index (κ3) is 2.43. The van der Waals surface area contributed by atoms with Crippen LogP contribution in [0.2, 0.25) is 0 Å². The highest BCUT2D eigenvalue weighted by Crippen LogP contribution is 2.28. The van der Waals surface area contributed by atoms with Crippen LogP contribution >= 0.6 is 0 Å². The smallest absolute Gasteiger partial charge is 0.126 e. The molecule has 1 aromatic rings. The Morgan fingerprint density at radius 3 is 2.50 bits per heavy atom. The molecule has 1 saturated heterocycles. The van der Waals surface area contributed by atoms with E-state index < -0.39 is 0 Å². The molecule has 1 heterocycles. The minimum Gasteiger partial charge on any atom is -0.317 e. The Bertz CT molecular complexity index is 354. The van der Waals surface area contributed by atoms with Crippen LogP contribution in [0.5, 0.6) is 0 Å². The Morgan fingerprint density at radius 2 is 1.94 bits per heavy atom. The number of rotatable bonds is 2. The van der Waals surface area contributed by atoms with Gasteiger partial charge in [-0.2, -0.15) is 0 Å². The van der Waals surface area contributed by atoms with Crippen LogP contribution in [0.25, 0.3) is 0 Å². The molecule has 0 amide bonds. The maximum Gasteiger partial charge on any atom is 0.126 e. The summed E-state index contributed by atoms with van der Waals surface area (Å²) in [5.41, 5.74) is 2.00. The van der Waals surface area contributed by atoms with Crippen molar-refractivity contribution in [2.24, 2.45) is 0 Å². The van der Waals surface area contributed by atoms with E-state index in [0.717, 1.165) is 31.5 Å². The minimum atomic E-state index is -0.0361. The van der Waals surface area contributed by atoms with Crippen molar-refractivity contribution in [1.29, 1.82) is 0 Å². The summed E-state index contributed by atoms with van der Waals surface area (Å²) >= 11 is 0. The molecule has 0 saturated carbocycles. The molecule has 1 fully saturated rings. The van der Waals surface area contributed by atoms with Crippen LogP contribution in [-0.2, 0) is 0 Å². The van der Waals surface area contributed by atoms with E-state index in [1.165, 1.54) is 5.56 Å². The second kappa shape index (κ2) is 4.96. The first-order valence-electron chi connectivity index (χ1n) is 6.18. The van der Waals surface area contributed by atoms with Crippen molar-refractivity contribution in [2.45, 2.75) is 38.5 Å². The number of halogens is 1. The fourth-order valence-corrected chi connectivity index (χ4v) is 2.42. The van der Waals surface area contributed by atoms with Crippen LogP contribution in [0.3, 0.4) is 0 Å². The van der Waals surface area contributed by atoms with Gasteiger partial charge in [0.15, 0.2) is 0 Å². The number of piperidine rings is 1. The van der Waals surface area contributed by atoms with E-state index in [4.69, 9.17) is 0 Å². The van der Waals surface area contributed by atoms with Crippen LogP contribution in [0.15, 0.2) is 18.2 Å². The van der Waals surface area contributed by atoms with E-state index in [-0.39, 0.29) is 11.7 Å². The molecule has 2 heteroatoms. The summed E-state index contributed by atoms with van der Waals surface area (Å²) < 4.78 is 13.8. The summed E-state index contributed by atoms with van der Waals surface area (Å²) in [5.74, 6) is 0.769. The SMILES string of the molecule is CC(C)c1ccc(C2CCNCC2)cc1F. The predicted molar refractivity (Wildman–Crippen MR) is 65.3 cm³/mol. The molecular weight excluding hydrogens is 201 g/mol. The Balaban J connectivity index is 2.19. The molecule has 0 aliphatic carbocycles. The zero-order valence-electron chi connectivity index (χ0n) is 10.1. The van der Waals surface area contributed by atoms with Crippen LogP contribution in [0, 0.1) is 5.82 Å². The van der Waals surface area contributed by atoms with Gasteiger partial charge in [0.1, 0.15) is 5.82 Å². The number of nitrogens with one attached hydrogen (secondary N) is 1. The van der Waals surface area contributed by atoms with Gasteiger partial charge in [-0.25, -0.2) is 4.39 Å². The topological polar surface area (TPSA) is 12.0 Å². The molecule has 0 spiro atoms. The molecule has 1 aliphatic heterocycles. The Labute approximate surface area is 97.1 Å². The summed E-state index contributed by atoms with van der Waals surface area (Å²) in [7, 11) is 0. The molecular formula is C14H20FN. The molecule has 1 aliphatic rings. The summed E-state index contributed by atoms with van der Waals surface area (Å²) in [6.07, 6.45) is 2.25. The highest BCUT2D eigenvalue weighted by atomic mass is 19.1. The first kappa shape index (κ1) is 11.6. The van der Waals surface area contributed by atoms with Gasteiger partial charge in [-0.1, -0.05) is 26.0 Å². The number of hydrogen-bond acceptors (Lipinski definition) is 1. The van der Waals surface area contributed by atoms with E-state index >= 15 is 0 Å². The fourth-order valence-electron chi connectivity index (χ4n) is 2.42. The number of hydrogen-bond donors (Lipinski definition) is 1.